The van der Waals surface area contributed by atoms with E-state index in [-0.39, 0.29) is 11.9 Å². The number of likely N-dealkylation sites (tertiary alicyclic amines) is 1. The van der Waals surface area contributed by atoms with Crippen LogP contribution in [0.1, 0.15) is 47.8 Å². The summed E-state index contributed by atoms with van der Waals surface area (Å²) < 4.78 is 10.7. The first-order chi connectivity index (χ1) is 10.3. The quantitative estimate of drug-likeness (QED) is 0.867. The molecule has 1 saturated heterocycles. The van der Waals surface area contributed by atoms with Gasteiger partial charge in [0.25, 0.3) is 11.9 Å². The molecule has 0 spiro atoms. The summed E-state index contributed by atoms with van der Waals surface area (Å²) in [5.74, 6) is 0.645. The molecule has 3 rings (SSSR count). The molecule has 0 aliphatic carbocycles. The molecule has 112 valence electrons. The number of hydrogen-bond donors (Lipinski definition) is 0. The highest BCUT2D eigenvalue weighted by atomic mass is 32.1. The van der Waals surface area contributed by atoms with Crippen molar-refractivity contribution < 1.29 is 13.9 Å². The van der Waals surface area contributed by atoms with E-state index in [4.69, 9.17) is 9.15 Å². The van der Waals surface area contributed by atoms with E-state index >= 15 is 0 Å². The second kappa shape index (κ2) is 6.30. The molecule has 6 heteroatoms. The fourth-order valence-electron chi connectivity index (χ4n) is 2.63. The lowest BCUT2D eigenvalue weighted by Gasteiger charge is -2.33. The van der Waals surface area contributed by atoms with Crippen LogP contribution in [0.4, 0.5) is 0 Å². The van der Waals surface area contributed by atoms with Crippen LogP contribution < -0.4 is 4.74 Å². The van der Waals surface area contributed by atoms with Gasteiger partial charge in [0.1, 0.15) is 5.01 Å². The van der Waals surface area contributed by atoms with E-state index in [0.29, 0.717) is 18.3 Å². The van der Waals surface area contributed by atoms with E-state index in [1.54, 1.807) is 29.7 Å². The molecule has 2 aromatic heterocycles. The molecule has 1 fully saturated rings. The minimum Gasteiger partial charge on any atom is -0.465 e. The smallest absolute Gasteiger partial charge is 0.290 e. The Labute approximate surface area is 127 Å². The van der Waals surface area contributed by atoms with Gasteiger partial charge in [-0.2, -0.15) is 0 Å². The van der Waals surface area contributed by atoms with Gasteiger partial charge in [-0.25, -0.2) is 4.98 Å². The van der Waals surface area contributed by atoms with Gasteiger partial charge < -0.3 is 14.1 Å². The van der Waals surface area contributed by atoms with Gasteiger partial charge in [0.05, 0.1) is 12.6 Å². The van der Waals surface area contributed by atoms with Crippen LogP contribution in [0.3, 0.4) is 0 Å². The number of piperidine rings is 1. The first-order valence-corrected chi connectivity index (χ1v) is 8.10. The molecule has 3 heterocycles. The zero-order chi connectivity index (χ0) is 14.7. The number of nitrogens with zero attached hydrogens (tertiary/aromatic N) is 2. The Morgan fingerprint density at radius 3 is 3.19 bits per heavy atom. The molecule has 1 aliphatic heterocycles. The fourth-order valence-corrected chi connectivity index (χ4v) is 3.41. The van der Waals surface area contributed by atoms with Crippen LogP contribution in [0.15, 0.2) is 28.1 Å². The van der Waals surface area contributed by atoms with E-state index in [2.05, 4.69) is 4.98 Å². The maximum atomic E-state index is 12.7. The Morgan fingerprint density at radius 1 is 1.52 bits per heavy atom. The summed E-state index contributed by atoms with van der Waals surface area (Å²) >= 11 is 1.60. The zero-order valence-corrected chi connectivity index (χ0v) is 12.8. The third kappa shape index (κ3) is 2.95. The van der Waals surface area contributed by atoms with Gasteiger partial charge in [0, 0.05) is 24.2 Å². The summed E-state index contributed by atoms with van der Waals surface area (Å²) in [4.78, 5) is 18.9. The monoisotopic (exact) mass is 306 g/mol. The highest BCUT2D eigenvalue weighted by molar-refractivity contribution is 7.09. The number of thiazole rings is 1. The first-order valence-electron chi connectivity index (χ1n) is 7.22. The first kappa shape index (κ1) is 14.1. The zero-order valence-electron chi connectivity index (χ0n) is 11.9. The van der Waals surface area contributed by atoms with Gasteiger partial charge in [-0.05, 0) is 32.3 Å². The number of ether oxygens (including phenoxy) is 1. The Bertz CT molecular complexity index is 594. The molecule has 1 aliphatic rings. The summed E-state index contributed by atoms with van der Waals surface area (Å²) in [6, 6.07) is 3.44. The lowest BCUT2D eigenvalue weighted by Crippen LogP contribution is -2.38. The van der Waals surface area contributed by atoms with E-state index in [0.717, 1.165) is 30.8 Å². The Morgan fingerprint density at radius 2 is 2.43 bits per heavy atom. The van der Waals surface area contributed by atoms with Gasteiger partial charge in [-0.3, -0.25) is 4.79 Å². The number of amides is 1. The molecule has 0 radical (unpaired) electrons. The van der Waals surface area contributed by atoms with E-state index < -0.39 is 0 Å². The van der Waals surface area contributed by atoms with E-state index in [9.17, 15) is 4.79 Å². The fraction of sp³-hybridized carbons (Fsp3) is 0.467. The number of carbonyl (C=O) groups is 1. The summed E-state index contributed by atoms with van der Waals surface area (Å²) in [6.07, 6.45) is 4.89. The third-order valence-corrected chi connectivity index (χ3v) is 4.46. The van der Waals surface area contributed by atoms with Gasteiger partial charge in [0.15, 0.2) is 5.76 Å². The Balaban J connectivity index is 1.80. The molecular weight excluding hydrogens is 288 g/mol. The molecule has 0 N–H and O–H groups in total. The van der Waals surface area contributed by atoms with Crippen LogP contribution in [0.2, 0.25) is 0 Å². The van der Waals surface area contributed by atoms with Crippen molar-refractivity contribution in [1.82, 2.24) is 9.88 Å². The van der Waals surface area contributed by atoms with Crippen molar-refractivity contribution in [1.29, 1.82) is 0 Å². The average molecular weight is 306 g/mol. The molecule has 21 heavy (non-hydrogen) atoms. The van der Waals surface area contributed by atoms with Crippen LogP contribution in [-0.2, 0) is 0 Å². The predicted molar refractivity (Wildman–Crippen MR) is 79.6 cm³/mol. The second-order valence-electron chi connectivity index (χ2n) is 4.93. The summed E-state index contributed by atoms with van der Waals surface area (Å²) in [5, 5.41) is 2.95. The minimum atomic E-state index is -0.0825. The second-order valence-corrected chi connectivity index (χ2v) is 5.86. The van der Waals surface area contributed by atoms with Crippen molar-refractivity contribution in [3.63, 3.8) is 0 Å². The molecule has 1 atom stereocenters. The van der Waals surface area contributed by atoms with Crippen LogP contribution in [0, 0.1) is 0 Å². The number of aromatic nitrogens is 1. The van der Waals surface area contributed by atoms with Crippen LogP contribution >= 0.6 is 11.3 Å². The van der Waals surface area contributed by atoms with Crippen LogP contribution in [0.25, 0.3) is 0 Å². The summed E-state index contributed by atoms with van der Waals surface area (Å²) in [6.45, 7) is 3.15. The van der Waals surface area contributed by atoms with Gasteiger partial charge in [0.2, 0.25) is 0 Å². The summed E-state index contributed by atoms with van der Waals surface area (Å²) in [7, 11) is 0. The largest absolute Gasteiger partial charge is 0.465 e. The molecule has 5 nitrogen and oxygen atoms in total. The highest BCUT2D eigenvalue weighted by Gasteiger charge is 2.31. The number of furan rings is 1. The Kier molecular flexibility index (Phi) is 4.24. The lowest BCUT2D eigenvalue weighted by molar-refractivity contribution is 0.0571. The predicted octanol–water partition coefficient (Wildman–Crippen LogP) is 3.50. The van der Waals surface area contributed by atoms with Gasteiger partial charge >= 0.3 is 0 Å². The van der Waals surface area contributed by atoms with Gasteiger partial charge in [-0.15, -0.1) is 11.3 Å². The van der Waals surface area contributed by atoms with Crippen molar-refractivity contribution in [2.75, 3.05) is 13.2 Å². The van der Waals surface area contributed by atoms with Crippen molar-refractivity contribution >= 4 is 17.2 Å². The van der Waals surface area contributed by atoms with Crippen LogP contribution in [-0.4, -0.2) is 28.9 Å². The molecule has 0 bridgehead atoms. The standard InChI is InChI=1S/C15H18N2O3S/c1-2-19-13-7-6-12(20-13)15(18)17-9-4-3-5-11(17)14-16-8-10-21-14/h6-8,10-11H,2-5,9H2,1H3/t11-/m0/s1. The molecule has 0 aromatic carbocycles. The number of rotatable bonds is 4. The summed E-state index contributed by atoms with van der Waals surface area (Å²) in [5.41, 5.74) is 0. The number of carbonyl (C=O) groups excluding carboxylic acids is 1. The SMILES string of the molecule is CCOc1ccc(C(=O)N2CCCC[C@H]2c2nccs2)o1. The highest BCUT2D eigenvalue weighted by Crippen LogP contribution is 2.33. The van der Waals surface area contributed by atoms with Crippen molar-refractivity contribution in [2.24, 2.45) is 0 Å². The molecular formula is C15H18N2O3S. The van der Waals surface area contributed by atoms with Crippen molar-refractivity contribution in [2.45, 2.75) is 32.2 Å². The normalized spacial score (nSPS) is 18.7. The Hall–Kier alpha value is -1.82. The van der Waals surface area contributed by atoms with Gasteiger partial charge in [-0.1, -0.05) is 0 Å². The third-order valence-electron chi connectivity index (χ3n) is 3.58. The maximum absolute atomic E-state index is 12.7. The molecule has 0 saturated carbocycles. The maximum Gasteiger partial charge on any atom is 0.290 e. The van der Waals surface area contributed by atoms with E-state index in [1.807, 2.05) is 17.2 Å². The van der Waals surface area contributed by atoms with Crippen molar-refractivity contribution in [3.8, 4) is 5.95 Å². The van der Waals surface area contributed by atoms with Crippen molar-refractivity contribution in [3.05, 3.63) is 34.5 Å². The molecule has 1 amide bonds. The van der Waals surface area contributed by atoms with Crippen LogP contribution in [0.5, 0.6) is 5.95 Å². The topological polar surface area (TPSA) is 55.6 Å². The average Bonchev–Trinajstić information content (AvgIpc) is 3.18. The number of hydrogen-bond acceptors (Lipinski definition) is 5. The molecule has 2 aromatic rings. The van der Waals surface area contributed by atoms with E-state index in [1.165, 1.54) is 0 Å². The lowest BCUT2D eigenvalue weighted by atomic mass is 10.0. The minimum absolute atomic E-state index is 0.0619. The molecule has 0 unspecified atom stereocenters.